The standard InChI is InChI=1S/C14H11Cl2NO2/c1-19-14(18)12-10(17)7-9(15)11(13(12)16)8-5-3-2-4-6-8/h2-7H,17H2,1H3. The largest absolute Gasteiger partial charge is 0.465 e. The first-order valence-corrected chi connectivity index (χ1v) is 6.23. The molecule has 2 aromatic carbocycles. The van der Waals surface area contributed by atoms with Gasteiger partial charge in [-0.05, 0) is 11.6 Å². The van der Waals surface area contributed by atoms with Crippen LogP contribution in [0.3, 0.4) is 0 Å². The highest BCUT2D eigenvalue weighted by atomic mass is 35.5. The van der Waals surface area contributed by atoms with E-state index >= 15 is 0 Å². The van der Waals surface area contributed by atoms with E-state index in [1.165, 1.54) is 13.2 Å². The number of nitrogen functional groups attached to an aromatic ring is 1. The van der Waals surface area contributed by atoms with Crippen molar-refractivity contribution in [3.8, 4) is 11.1 Å². The first-order chi connectivity index (χ1) is 9.06. The third-order valence-corrected chi connectivity index (χ3v) is 3.38. The highest BCUT2D eigenvalue weighted by Gasteiger charge is 2.21. The van der Waals surface area contributed by atoms with E-state index in [4.69, 9.17) is 28.9 Å². The molecule has 0 radical (unpaired) electrons. The lowest BCUT2D eigenvalue weighted by Crippen LogP contribution is -2.07. The monoisotopic (exact) mass is 295 g/mol. The Labute approximate surface area is 120 Å². The van der Waals surface area contributed by atoms with Gasteiger partial charge >= 0.3 is 5.97 Å². The summed E-state index contributed by atoms with van der Waals surface area (Å²) in [6.45, 7) is 0. The highest BCUT2D eigenvalue weighted by molar-refractivity contribution is 6.41. The average molecular weight is 296 g/mol. The smallest absolute Gasteiger partial charge is 0.341 e. The van der Waals surface area contributed by atoms with Crippen LogP contribution in [0.1, 0.15) is 10.4 Å². The Kier molecular flexibility index (Phi) is 3.98. The molecule has 0 aliphatic heterocycles. The molecule has 19 heavy (non-hydrogen) atoms. The fraction of sp³-hybridized carbons (Fsp3) is 0.0714. The molecule has 2 rings (SSSR count). The van der Waals surface area contributed by atoms with Gasteiger partial charge < -0.3 is 10.5 Å². The Morgan fingerprint density at radius 3 is 2.42 bits per heavy atom. The zero-order valence-corrected chi connectivity index (χ0v) is 11.6. The second-order valence-electron chi connectivity index (χ2n) is 3.87. The summed E-state index contributed by atoms with van der Waals surface area (Å²) < 4.78 is 4.68. The maximum Gasteiger partial charge on any atom is 0.341 e. The van der Waals surface area contributed by atoms with Crippen LogP contribution in [0.4, 0.5) is 5.69 Å². The van der Waals surface area contributed by atoms with Gasteiger partial charge in [0.05, 0.1) is 17.2 Å². The molecule has 2 N–H and O–H groups in total. The van der Waals surface area contributed by atoms with Gasteiger partial charge in [0.15, 0.2) is 0 Å². The zero-order valence-electron chi connectivity index (χ0n) is 10.1. The van der Waals surface area contributed by atoms with Gasteiger partial charge in [0.1, 0.15) is 5.56 Å². The maximum atomic E-state index is 11.7. The molecule has 0 aliphatic carbocycles. The van der Waals surface area contributed by atoms with Crippen LogP contribution in [0.15, 0.2) is 36.4 Å². The van der Waals surface area contributed by atoms with E-state index in [9.17, 15) is 4.79 Å². The summed E-state index contributed by atoms with van der Waals surface area (Å²) in [6.07, 6.45) is 0. The number of carbonyl (C=O) groups excluding carboxylic acids is 1. The summed E-state index contributed by atoms with van der Waals surface area (Å²) in [5, 5.41) is 0.587. The van der Waals surface area contributed by atoms with Crippen molar-refractivity contribution < 1.29 is 9.53 Å². The summed E-state index contributed by atoms with van der Waals surface area (Å²) in [5.74, 6) is -0.587. The number of anilines is 1. The second-order valence-corrected chi connectivity index (χ2v) is 4.65. The van der Waals surface area contributed by atoms with E-state index in [-0.39, 0.29) is 16.3 Å². The lowest BCUT2D eigenvalue weighted by atomic mass is 10.0. The van der Waals surface area contributed by atoms with Crippen molar-refractivity contribution >= 4 is 34.9 Å². The number of rotatable bonds is 2. The molecule has 0 atom stereocenters. The Balaban J connectivity index is 2.72. The number of esters is 1. The Hall–Kier alpha value is -1.71. The SMILES string of the molecule is COC(=O)c1c(N)cc(Cl)c(-c2ccccc2)c1Cl. The summed E-state index contributed by atoms with van der Waals surface area (Å²) in [6, 6.07) is 10.8. The lowest BCUT2D eigenvalue weighted by molar-refractivity contribution is 0.0602. The summed E-state index contributed by atoms with van der Waals surface area (Å²) >= 11 is 12.4. The van der Waals surface area contributed by atoms with E-state index < -0.39 is 5.97 Å². The van der Waals surface area contributed by atoms with Crippen LogP contribution in [0, 0.1) is 0 Å². The third-order valence-electron chi connectivity index (χ3n) is 2.70. The molecule has 0 saturated carbocycles. The molecule has 98 valence electrons. The predicted octanol–water partition coefficient (Wildman–Crippen LogP) is 4.03. The fourth-order valence-electron chi connectivity index (χ4n) is 1.82. The minimum atomic E-state index is -0.587. The maximum absolute atomic E-state index is 11.7. The van der Waals surface area contributed by atoms with Crippen molar-refractivity contribution in [3.05, 3.63) is 52.0 Å². The Bertz CT molecular complexity index is 627. The van der Waals surface area contributed by atoms with Crippen LogP contribution in [-0.4, -0.2) is 13.1 Å². The molecule has 0 aromatic heterocycles. The Morgan fingerprint density at radius 1 is 1.21 bits per heavy atom. The van der Waals surface area contributed by atoms with Gasteiger partial charge in [0.2, 0.25) is 0 Å². The molecular weight excluding hydrogens is 285 g/mol. The molecule has 3 nitrogen and oxygen atoms in total. The molecule has 0 spiro atoms. The van der Waals surface area contributed by atoms with E-state index in [2.05, 4.69) is 4.74 Å². The summed E-state index contributed by atoms with van der Waals surface area (Å²) in [5.41, 5.74) is 7.48. The minimum absolute atomic E-state index is 0.132. The van der Waals surface area contributed by atoms with Crippen molar-refractivity contribution in [2.24, 2.45) is 0 Å². The first kappa shape index (κ1) is 13.7. The number of methoxy groups -OCH3 is 1. The number of hydrogen-bond acceptors (Lipinski definition) is 3. The molecule has 0 saturated heterocycles. The van der Waals surface area contributed by atoms with Crippen LogP contribution in [0.2, 0.25) is 10.0 Å². The first-order valence-electron chi connectivity index (χ1n) is 5.47. The molecule has 0 heterocycles. The normalized spacial score (nSPS) is 10.3. The van der Waals surface area contributed by atoms with E-state index in [1.807, 2.05) is 30.3 Å². The van der Waals surface area contributed by atoms with Crippen molar-refractivity contribution in [1.82, 2.24) is 0 Å². The van der Waals surface area contributed by atoms with Gasteiger partial charge in [-0.1, -0.05) is 53.5 Å². The van der Waals surface area contributed by atoms with Crippen LogP contribution in [0.25, 0.3) is 11.1 Å². The number of nitrogens with two attached hydrogens (primary N) is 1. The van der Waals surface area contributed by atoms with Gasteiger partial charge in [-0.15, -0.1) is 0 Å². The van der Waals surface area contributed by atoms with E-state index in [1.54, 1.807) is 0 Å². The number of hydrogen-bond donors (Lipinski definition) is 1. The van der Waals surface area contributed by atoms with Crippen molar-refractivity contribution in [3.63, 3.8) is 0 Å². The topological polar surface area (TPSA) is 52.3 Å². The second kappa shape index (κ2) is 5.51. The molecule has 0 amide bonds. The minimum Gasteiger partial charge on any atom is -0.465 e. The Morgan fingerprint density at radius 2 is 1.84 bits per heavy atom. The number of benzene rings is 2. The van der Waals surface area contributed by atoms with Crippen LogP contribution < -0.4 is 5.73 Å². The molecule has 0 aliphatic rings. The van der Waals surface area contributed by atoms with Crippen LogP contribution in [-0.2, 0) is 4.74 Å². The van der Waals surface area contributed by atoms with Gasteiger partial charge in [-0.2, -0.15) is 0 Å². The number of halogens is 2. The van der Waals surface area contributed by atoms with Crippen molar-refractivity contribution in [1.29, 1.82) is 0 Å². The summed E-state index contributed by atoms with van der Waals surface area (Å²) in [4.78, 5) is 11.7. The van der Waals surface area contributed by atoms with Gasteiger partial charge in [0, 0.05) is 11.3 Å². The lowest BCUT2D eigenvalue weighted by Gasteiger charge is -2.13. The zero-order chi connectivity index (χ0) is 14.0. The van der Waals surface area contributed by atoms with E-state index in [0.29, 0.717) is 10.6 Å². The molecule has 5 heteroatoms. The number of carbonyl (C=O) groups is 1. The quantitative estimate of drug-likeness (QED) is 0.672. The van der Waals surface area contributed by atoms with Crippen LogP contribution in [0.5, 0.6) is 0 Å². The van der Waals surface area contributed by atoms with Crippen molar-refractivity contribution in [2.45, 2.75) is 0 Å². The third kappa shape index (κ3) is 2.53. The van der Waals surface area contributed by atoms with Gasteiger partial charge in [-0.3, -0.25) is 0 Å². The van der Waals surface area contributed by atoms with Crippen LogP contribution >= 0.6 is 23.2 Å². The fourth-order valence-corrected chi connectivity index (χ4v) is 2.58. The van der Waals surface area contributed by atoms with Crippen molar-refractivity contribution in [2.75, 3.05) is 12.8 Å². The summed E-state index contributed by atoms with van der Waals surface area (Å²) in [7, 11) is 1.27. The molecular formula is C14H11Cl2NO2. The van der Waals surface area contributed by atoms with E-state index in [0.717, 1.165) is 5.56 Å². The molecule has 2 aromatic rings. The van der Waals surface area contributed by atoms with Gasteiger partial charge in [0.25, 0.3) is 0 Å². The molecule has 0 bridgehead atoms. The number of ether oxygens (including phenoxy) is 1. The molecule has 0 fully saturated rings. The molecule has 0 unspecified atom stereocenters. The highest BCUT2D eigenvalue weighted by Crippen LogP contribution is 2.40. The average Bonchev–Trinajstić information content (AvgIpc) is 2.39. The van der Waals surface area contributed by atoms with Gasteiger partial charge in [-0.25, -0.2) is 4.79 Å². The predicted molar refractivity (Wildman–Crippen MR) is 77.6 cm³/mol.